The summed E-state index contributed by atoms with van der Waals surface area (Å²) in [5.74, 6) is -1.13. The van der Waals surface area contributed by atoms with Gasteiger partial charge in [0.05, 0.1) is 12.1 Å². The maximum Gasteiger partial charge on any atom is 0.271 e. The Bertz CT molecular complexity index is 1090. The van der Waals surface area contributed by atoms with E-state index in [9.17, 15) is 18.0 Å². The number of carbonyl (C=O) groups excluding carboxylic acids is 2. The van der Waals surface area contributed by atoms with Crippen molar-refractivity contribution in [2.45, 2.75) is 4.21 Å². The molecule has 0 saturated carbocycles. The van der Waals surface area contributed by atoms with Crippen LogP contribution < -0.4 is 10.9 Å². The number of carbonyl (C=O) groups is 2. The third kappa shape index (κ3) is 3.87. The predicted molar refractivity (Wildman–Crippen MR) is 103 cm³/mol. The van der Waals surface area contributed by atoms with Crippen molar-refractivity contribution in [2.75, 3.05) is 13.6 Å². The largest absolute Gasteiger partial charge is 0.350 e. The fourth-order valence-electron chi connectivity index (χ4n) is 2.61. The molecule has 0 aliphatic carbocycles. The Labute approximate surface area is 160 Å². The van der Waals surface area contributed by atoms with E-state index in [1.54, 1.807) is 17.6 Å². The van der Waals surface area contributed by atoms with Gasteiger partial charge in [0, 0.05) is 31.2 Å². The zero-order valence-corrected chi connectivity index (χ0v) is 16.3. The second-order valence-electron chi connectivity index (χ2n) is 5.87. The van der Waals surface area contributed by atoms with Crippen LogP contribution in [0.15, 0.2) is 52.2 Å². The molecule has 27 heavy (non-hydrogen) atoms. The molecule has 0 fully saturated rings. The number of fused-ring (bicyclic) bond motifs is 1. The van der Waals surface area contributed by atoms with Gasteiger partial charge in [-0.2, -0.15) is 4.31 Å². The normalized spacial score (nSPS) is 11.7. The van der Waals surface area contributed by atoms with Gasteiger partial charge in [0.25, 0.3) is 21.8 Å². The maximum absolute atomic E-state index is 12.4. The number of para-hydroxylation sites is 1. The lowest BCUT2D eigenvalue weighted by Gasteiger charge is -2.15. The molecule has 10 heteroatoms. The molecule has 1 aromatic carbocycles. The quantitative estimate of drug-likeness (QED) is 0.624. The number of benzene rings is 1. The highest BCUT2D eigenvalue weighted by atomic mass is 32.2. The van der Waals surface area contributed by atoms with E-state index in [0.717, 1.165) is 26.5 Å². The molecule has 0 spiro atoms. The molecule has 0 aliphatic rings. The van der Waals surface area contributed by atoms with E-state index >= 15 is 0 Å². The van der Waals surface area contributed by atoms with Crippen LogP contribution in [-0.4, -0.2) is 42.7 Å². The van der Waals surface area contributed by atoms with Crippen LogP contribution >= 0.6 is 11.3 Å². The van der Waals surface area contributed by atoms with Gasteiger partial charge in [-0.05, 0) is 17.5 Å². The number of hydrazine groups is 1. The summed E-state index contributed by atoms with van der Waals surface area (Å²) in [6.45, 7) is -0.421. The summed E-state index contributed by atoms with van der Waals surface area (Å²) in [6.07, 6.45) is 1.67. The van der Waals surface area contributed by atoms with Crippen molar-refractivity contribution in [1.29, 1.82) is 0 Å². The van der Waals surface area contributed by atoms with Gasteiger partial charge in [-0.15, -0.1) is 11.3 Å². The van der Waals surface area contributed by atoms with E-state index in [2.05, 4.69) is 10.9 Å². The Morgan fingerprint density at radius 3 is 2.59 bits per heavy atom. The van der Waals surface area contributed by atoms with Crippen molar-refractivity contribution < 1.29 is 18.0 Å². The van der Waals surface area contributed by atoms with E-state index in [4.69, 9.17) is 0 Å². The second kappa shape index (κ2) is 7.51. The SMILES string of the molecule is CN(CC(=O)NNC(=O)c1cn(C)c2ccccc12)S(=O)(=O)c1cccs1. The fourth-order valence-corrected chi connectivity index (χ4v) is 4.94. The first-order valence-corrected chi connectivity index (χ1v) is 10.3. The number of nitrogens with one attached hydrogen (secondary N) is 2. The molecule has 0 radical (unpaired) electrons. The van der Waals surface area contributed by atoms with E-state index in [-0.39, 0.29) is 4.21 Å². The van der Waals surface area contributed by atoms with Gasteiger partial charge < -0.3 is 4.57 Å². The number of sulfonamides is 1. The molecule has 0 bridgehead atoms. The van der Waals surface area contributed by atoms with E-state index in [1.165, 1.54) is 13.1 Å². The fraction of sp³-hybridized carbons (Fsp3) is 0.176. The third-order valence-corrected chi connectivity index (χ3v) is 7.16. The van der Waals surface area contributed by atoms with Crippen molar-refractivity contribution in [3.8, 4) is 0 Å². The summed E-state index contributed by atoms with van der Waals surface area (Å²) in [5.41, 5.74) is 5.87. The first kappa shape index (κ1) is 19.1. The highest BCUT2D eigenvalue weighted by Crippen LogP contribution is 2.20. The predicted octanol–water partition coefficient (Wildman–Crippen LogP) is 1.32. The summed E-state index contributed by atoms with van der Waals surface area (Å²) in [4.78, 5) is 24.4. The molecule has 0 saturated heterocycles. The molecule has 0 aliphatic heterocycles. The minimum absolute atomic E-state index is 0.151. The van der Waals surface area contributed by atoms with Gasteiger partial charge in [0.15, 0.2) is 0 Å². The number of likely N-dealkylation sites (N-methyl/N-ethyl adjacent to an activating group) is 1. The minimum atomic E-state index is -3.73. The van der Waals surface area contributed by atoms with Crippen LogP contribution in [0.1, 0.15) is 10.4 Å². The molecule has 2 amide bonds. The summed E-state index contributed by atoms with van der Waals surface area (Å²) < 4.78 is 27.5. The Morgan fingerprint density at radius 1 is 1.15 bits per heavy atom. The molecule has 0 atom stereocenters. The second-order valence-corrected chi connectivity index (χ2v) is 9.09. The minimum Gasteiger partial charge on any atom is -0.350 e. The van der Waals surface area contributed by atoms with Gasteiger partial charge in [0.1, 0.15) is 4.21 Å². The van der Waals surface area contributed by atoms with E-state index in [0.29, 0.717) is 5.56 Å². The van der Waals surface area contributed by atoms with Crippen molar-refractivity contribution in [1.82, 2.24) is 19.7 Å². The summed E-state index contributed by atoms with van der Waals surface area (Å²) >= 11 is 1.07. The molecule has 0 unspecified atom stereocenters. The van der Waals surface area contributed by atoms with Crippen molar-refractivity contribution in [3.63, 3.8) is 0 Å². The first-order chi connectivity index (χ1) is 12.8. The standard InChI is InChI=1S/C17H18N4O4S2/c1-20-10-13(12-6-3-4-7-14(12)20)17(23)19-18-15(22)11-21(2)27(24,25)16-8-5-9-26-16/h3-10H,11H2,1-2H3,(H,18,22)(H,19,23). The number of amides is 2. The molecule has 8 nitrogen and oxygen atoms in total. The van der Waals surface area contributed by atoms with Gasteiger partial charge in [-0.1, -0.05) is 24.3 Å². The van der Waals surface area contributed by atoms with Gasteiger partial charge in [0.2, 0.25) is 0 Å². The van der Waals surface area contributed by atoms with Crippen LogP contribution in [0.25, 0.3) is 10.9 Å². The molecular formula is C17H18N4O4S2. The van der Waals surface area contributed by atoms with Gasteiger partial charge >= 0.3 is 0 Å². The lowest BCUT2D eigenvalue weighted by molar-refractivity contribution is -0.121. The van der Waals surface area contributed by atoms with Crippen molar-refractivity contribution in [2.24, 2.45) is 7.05 Å². The highest BCUT2D eigenvalue weighted by molar-refractivity contribution is 7.91. The number of nitrogens with zero attached hydrogens (tertiary/aromatic N) is 2. The highest BCUT2D eigenvalue weighted by Gasteiger charge is 2.24. The monoisotopic (exact) mass is 406 g/mol. The van der Waals surface area contributed by atoms with Crippen molar-refractivity contribution in [3.05, 3.63) is 53.5 Å². The molecule has 142 valence electrons. The smallest absolute Gasteiger partial charge is 0.271 e. The Kier molecular flexibility index (Phi) is 5.31. The zero-order chi connectivity index (χ0) is 19.6. The third-order valence-electron chi connectivity index (χ3n) is 3.98. The van der Waals surface area contributed by atoms with Gasteiger partial charge in [-0.3, -0.25) is 20.4 Å². The number of thiophene rings is 1. The Morgan fingerprint density at radius 2 is 1.89 bits per heavy atom. The number of aromatic nitrogens is 1. The number of aryl methyl sites for hydroxylation is 1. The van der Waals surface area contributed by atoms with Crippen LogP contribution in [0.2, 0.25) is 0 Å². The van der Waals surface area contributed by atoms with Crippen LogP contribution in [0, 0.1) is 0 Å². The van der Waals surface area contributed by atoms with Crippen molar-refractivity contribution >= 4 is 44.1 Å². The molecule has 3 rings (SSSR count). The summed E-state index contributed by atoms with van der Waals surface area (Å²) in [7, 11) is -0.604. The Hall–Kier alpha value is -2.69. The topological polar surface area (TPSA) is 101 Å². The van der Waals surface area contributed by atoms with Crippen LogP contribution in [0.5, 0.6) is 0 Å². The first-order valence-electron chi connectivity index (χ1n) is 7.94. The van der Waals surface area contributed by atoms with Crippen LogP contribution in [0.3, 0.4) is 0 Å². The lowest BCUT2D eigenvalue weighted by Crippen LogP contribution is -2.46. The Balaban J connectivity index is 1.63. The number of hydrogen-bond acceptors (Lipinski definition) is 5. The molecule has 2 heterocycles. The molecule has 2 N–H and O–H groups in total. The summed E-state index contributed by atoms with van der Waals surface area (Å²) in [6, 6.07) is 10.5. The average Bonchev–Trinajstić information content (AvgIpc) is 3.29. The molecular weight excluding hydrogens is 388 g/mol. The van der Waals surface area contributed by atoms with Crippen LogP contribution in [-0.2, 0) is 21.9 Å². The number of rotatable bonds is 5. The van der Waals surface area contributed by atoms with Gasteiger partial charge in [-0.25, -0.2) is 8.42 Å². The average molecular weight is 406 g/mol. The lowest BCUT2D eigenvalue weighted by atomic mass is 10.2. The summed E-state index contributed by atoms with van der Waals surface area (Å²) in [5, 5.41) is 2.40. The zero-order valence-electron chi connectivity index (χ0n) is 14.7. The number of hydrogen-bond donors (Lipinski definition) is 2. The van der Waals surface area contributed by atoms with Crippen LogP contribution in [0.4, 0.5) is 0 Å². The molecule has 2 aromatic heterocycles. The molecule has 3 aromatic rings. The van der Waals surface area contributed by atoms with E-state index in [1.807, 2.05) is 35.9 Å². The maximum atomic E-state index is 12.4. The van der Waals surface area contributed by atoms with E-state index < -0.39 is 28.4 Å².